The van der Waals surface area contributed by atoms with E-state index in [9.17, 15) is 4.79 Å². The molecule has 0 radical (unpaired) electrons. The lowest BCUT2D eigenvalue weighted by molar-refractivity contribution is 0.0984. The van der Waals surface area contributed by atoms with Crippen molar-refractivity contribution < 1.29 is 4.79 Å². The molecule has 1 amide bonds. The molecular formula is C19H16N6OS2. The van der Waals surface area contributed by atoms with E-state index in [0.717, 1.165) is 20.6 Å². The monoisotopic (exact) mass is 408 g/mol. The van der Waals surface area contributed by atoms with Crippen LogP contribution in [-0.2, 0) is 7.05 Å². The van der Waals surface area contributed by atoms with Crippen LogP contribution in [0.15, 0.2) is 70.6 Å². The van der Waals surface area contributed by atoms with Gasteiger partial charge >= 0.3 is 0 Å². The quantitative estimate of drug-likeness (QED) is 0.500. The highest BCUT2D eigenvalue weighted by Gasteiger charge is 2.20. The van der Waals surface area contributed by atoms with Gasteiger partial charge in [0.15, 0.2) is 9.50 Å². The Bertz CT molecular complexity index is 1090. The van der Waals surface area contributed by atoms with E-state index in [1.165, 1.54) is 23.1 Å². The Kier molecular flexibility index (Phi) is 5.18. The summed E-state index contributed by atoms with van der Waals surface area (Å²) >= 11 is 2.88. The first kappa shape index (κ1) is 18.3. The maximum absolute atomic E-state index is 12.8. The van der Waals surface area contributed by atoms with Gasteiger partial charge in [0, 0.05) is 25.9 Å². The van der Waals surface area contributed by atoms with E-state index < -0.39 is 0 Å². The van der Waals surface area contributed by atoms with Gasteiger partial charge in [-0.3, -0.25) is 9.78 Å². The third-order valence-corrected chi connectivity index (χ3v) is 6.19. The van der Waals surface area contributed by atoms with E-state index in [-0.39, 0.29) is 5.91 Å². The number of carbonyl (C=O) groups is 1. The normalized spacial score (nSPS) is 10.8. The van der Waals surface area contributed by atoms with Gasteiger partial charge in [0.1, 0.15) is 10.7 Å². The molecule has 7 nitrogen and oxygen atoms in total. The highest BCUT2D eigenvalue weighted by Crippen LogP contribution is 2.33. The highest BCUT2D eigenvalue weighted by molar-refractivity contribution is 8.00. The lowest BCUT2D eigenvalue weighted by Gasteiger charge is -2.16. The number of benzene rings is 1. The summed E-state index contributed by atoms with van der Waals surface area (Å²) in [5, 5.41) is 10.0. The number of carbonyl (C=O) groups excluding carboxylic acids is 1. The van der Waals surface area contributed by atoms with Crippen molar-refractivity contribution in [2.45, 2.75) is 9.50 Å². The van der Waals surface area contributed by atoms with Crippen molar-refractivity contribution in [1.29, 1.82) is 0 Å². The van der Waals surface area contributed by atoms with Crippen molar-refractivity contribution in [2.24, 2.45) is 7.05 Å². The van der Waals surface area contributed by atoms with Crippen molar-refractivity contribution in [2.75, 3.05) is 11.9 Å². The fraction of sp³-hybridized carbons (Fsp3) is 0.105. The minimum absolute atomic E-state index is 0.155. The maximum Gasteiger partial charge on any atom is 0.276 e. The van der Waals surface area contributed by atoms with Crippen LogP contribution in [0.25, 0.3) is 10.6 Å². The lowest BCUT2D eigenvalue weighted by Crippen LogP contribution is -2.28. The predicted octanol–water partition coefficient (Wildman–Crippen LogP) is 3.76. The van der Waals surface area contributed by atoms with Crippen LogP contribution in [0.4, 0.5) is 5.69 Å². The molecule has 4 aromatic rings. The molecule has 28 heavy (non-hydrogen) atoms. The summed E-state index contributed by atoms with van der Waals surface area (Å²) in [5.74, 6) is -0.155. The van der Waals surface area contributed by atoms with E-state index in [0.29, 0.717) is 10.9 Å². The van der Waals surface area contributed by atoms with Gasteiger partial charge in [-0.1, -0.05) is 41.7 Å². The van der Waals surface area contributed by atoms with Crippen molar-refractivity contribution in [3.63, 3.8) is 0 Å². The van der Waals surface area contributed by atoms with Gasteiger partial charge in [-0.15, -0.1) is 10.2 Å². The topological polar surface area (TPSA) is 76.8 Å². The third-order valence-electron chi connectivity index (χ3n) is 4.11. The molecule has 3 aromatic heterocycles. The molecule has 0 aliphatic rings. The second-order valence-corrected chi connectivity index (χ2v) is 8.09. The maximum atomic E-state index is 12.8. The number of hydrogen-bond donors (Lipinski definition) is 0. The molecular weight excluding hydrogens is 392 g/mol. The van der Waals surface area contributed by atoms with Crippen LogP contribution in [-0.4, -0.2) is 37.7 Å². The standard InChI is InChI=1S/C19H16N6OS2/c1-24(14-9-6-10-20-11-14)17(26)15-12-21-18(25(15)2)28-19-23-22-16(27-19)13-7-4-3-5-8-13/h3-12H,1-2H3. The first-order valence-corrected chi connectivity index (χ1v) is 10.0. The van der Waals surface area contributed by atoms with Gasteiger partial charge in [0.05, 0.1) is 18.1 Å². The Balaban J connectivity index is 1.53. The molecule has 3 heterocycles. The van der Waals surface area contributed by atoms with Crippen LogP contribution < -0.4 is 4.90 Å². The number of anilines is 1. The molecule has 0 saturated carbocycles. The number of nitrogens with zero attached hydrogens (tertiary/aromatic N) is 6. The zero-order valence-corrected chi connectivity index (χ0v) is 16.8. The van der Waals surface area contributed by atoms with Gasteiger partial charge in [-0.25, -0.2) is 4.98 Å². The van der Waals surface area contributed by atoms with Gasteiger partial charge in [-0.2, -0.15) is 0 Å². The SMILES string of the molecule is CN(C(=O)c1cnc(Sc2nnc(-c3ccccc3)s2)n1C)c1cccnc1. The molecule has 0 spiro atoms. The molecule has 0 unspecified atom stereocenters. The summed E-state index contributed by atoms with van der Waals surface area (Å²) in [6, 6.07) is 13.5. The Morgan fingerprint density at radius 1 is 1.11 bits per heavy atom. The summed E-state index contributed by atoms with van der Waals surface area (Å²) in [4.78, 5) is 22.8. The van der Waals surface area contributed by atoms with Crippen molar-refractivity contribution in [3.8, 4) is 10.6 Å². The van der Waals surface area contributed by atoms with Crippen LogP contribution in [0.3, 0.4) is 0 Å². The molecule has 0 N–H and O–H groups in total. The number of aromatic nitrogens is 5. The third kappa shape index (κ3) is 3.67. The number of hydrogen-bond acceptors (Lipinski definition) is 7. The van der Waals surface area contributed by atoms with Gasteiger partial charge in [0.25, 0.3) is 5.91 Å². The van der Waals surface area contributed by atoms with E-state index >= 15 is 0 Å². The van der Waals surface area contributed by atoms with Crippen molar-refractivity contribution in [1.82, 2.24) is 24.7 Å². The molecule has 0 aliphatic heterocycles. The lowest BCUT2D eigenvalue weighted by atomic mass is 10.2. The first-order valence-electron chi connectivity index (χ1n) is 8.40. The molecule has 0 bridgehead atoms. The van der Waals surface area contributed by atoms with Crippen molar-refractivity contribution >= 4 is 34.7 Å². The van der Waals surface area contributed by atoms with Crippen LogP contribution in [0.2, 0.25) is 0 Å². The number of imidazole rings is 1. The Morgan fingerprint density at radius 3 is 2.68 bits per heavy atom. The minimum Gasteiger partial charge on any atom is -0.318 e. The highest BCUT2D eigenvalue weighted by atomic mass is 32.2. The summed E-state index contributed by atoms with van der Waals surface area (Å²) < 4.78 is 2.54. The van der Waals surface area contributed by atoms with Crippen molar-refractivity contribution in [3.05, 3.63) is 66.7 Å². The fourth-order valence-corrected chi connectivity index (χ4v) is 4.34. The van der Waals surface area contributed by atoms with Gasteiger partial charge < -0.3 is 9.47 Å². The number of amides is 1. The molecule has 0 saturated heterocycles. The second kappa shape index (κ2) is 7.91. The number of pyridine rings is 1. The zero-order chi connectivity index (χ0) is 19.5. The summed E-state index contributed by atoms with van der Waals surface area (Å²) in [5.41, 5.74) is 2.24. The Labute approximate surface area is 170 Å². The Hall–Kier alpha value is -3.04. The summed E-state index contributed by atoms with van der Waals surface area (Å²) in [6.07, 6.45) is 4.90. The molecule has 140 valence electrons. The van der Waals surface area contributed by atoms with E-state index in [1.807, 2.05) is 43.4 Å². The van der Waals surface area contributed by atoms with E-state index in [1.54, 1.807) is 41.2 Å². The molecule has 1 aromatic carbocycles. The zero-order valence-electron chi connectivity index (χ0n) is 15.2. The molecule has 0 atom stereocenters. The van der Waals surface area contributed by atoms with Crippen LogP contribution in [0, 0.1) is 0 Å². The van der Waals surface area contributed by atoms with E-state index in [2.05, 4.69) is 20.2 Å². The summed E-state index contributed by atoms with van der Waals surface area (Å²) in [6.45, 7) is 0. The average Bonchev–Trinajstić information content (AvgIpc) is 3.36. The largest absolute Gasteiger partial charge is 0.318 e. The molecule has 0 fully saturated rings. The molecule has 9 heteroatoms. The number of rotatable bonds is 5. The first-order chi connectivity index (χ1) is 13.6. The van der Waals surface area contributed by atoms with Gasteiger partial charge in [0.2, 0.25) is 0 Å². The minimum atomic E-state index is -0.155. The second-order valence-electron chi connectivity index (χ2n) is 5.90. The van der Waals surface area contributed by atoms with E-state index in [4.69, 9.17) is 0 Å². The van der Waals surface area contributed by atoms with Gasteiger partial charge in [-0.05, 0) is 23.9 Å². The average molecular weight is 409 g/mol. The smallest absolute Gasteiger partial charge is 0.276 e. The fourth-order valence-electron chi connectivity index (χ4n) is 2.55. The Morgan fingerprint density at radius 2 is 1.93 bits per heavy atom. The van der Waals surface area contributed by atoms with Crippen LogP contribution >= 0.6 is 23.1 Å². The summed E-state index contributed by atoms with van der Waals surface area (Å²) in [7, 11) is 3.54. The van der Waals surface area contributed by atoms with Crippen LogP contribution in [0.5, 0.6) is 0 Å². The van der Waals surface area contributed by atoms with Crippen LogP contribution in [0.1, 0.15) is 10.5 Å². The predicted molar refractivity (Wildman–Crippen MR) is 110 cm³/mol. The molecule has 4 rings (SSSR count). The molecule has 0 aliphatic carbocycles.